The molecule has 18 heavy (non-hydrogen) atoms. The summed E-state index contributed by atoms with van der Waals surface area (Å²) in [6.07, 6.45) is 5.69. The van der Waals surface area contributed by atoms with Crippen molar-refractivity contribution in [3.63, 3.8) is 0 Å². The van der Waals surface area contributed by atoms with Gasteiger partial charge in [0.1, 0.15) is 0 Å². The number of nitrogens with one attached hydrogen (secondary N) is 1. The van der Waals surface area contributed by atoms with Gasteiger partial charge in [0, 0.05) is 25.0 Å². The summed E-state index contributed by atoms with van der Waals surface area (Å²) in [6, 6.07) is 3.61. The summed E-state index contributed by atoms with van der Waals surface area (Å²) in [7, 11) is 0. The molecule has 94 valence electrons. The molecule has 5 heteroatoms. The summed E-state index contributed by atoms with van der Waals surface area (Å²) in [4.78, 5) is 29.2. The Morgan fingerprint density at radius 2 is 2.22 bits per heavy atom. The number of pyridine rings is 1. The summed E-state index contributed by atoms with van der Waals surface area (Å²) < 4.78 is 0. The minimum Gasteiger partial charge on any atom is -0.301 e. The van der Waals surface area contributed by atoms with E-state index in [1.54, 1.807) is 12.4 Å². The minimum atomic E-state index is -0.363. The normalized spacial score (nSPS) is 23.8. The van der Waals surface area contributed by atoms with E-state index in [2.05, 4.69) is 10.3 Å². The second-order valence-corrected chi connectivity index (χ2v) is 4.83. The van der Waals surface area contributed by atoms with Gasteiger partial charge in [0.25, 0.3) is 0 Å². The molecule has 1 atom stereocenters. The Hall–Kier alpha value is -1.75. The van der Waals surface area contributed by atoms with Gasteiger partial charge in [-0.1, -0.05) is 6.07 Å². The molecule has 0 spiro atoms. The quantitative estimate of drug-likeness (QED) is 0.783. The van der Waals surface area contributed by atoms with E-state index in [1.807, 2.05) is 12.1 Å². The second-order valence-electron chi connectivity index (χ2n) is 4.83. The van der Waals surface area contributed by atoms with Gasteiger partial charge in [-0.05, 0) is 24.5 Å². The predicted octanol–water partition coefficient (Wildman–Crippen LogP) is 0.461. The molecule has 1 unspecified atom stereocenters. The zero-order valence-electron chi connectivity index (χ0n) is 10.0. The molecular formula is C13H15N3O2. The van der Waals surface area contributed by atoms with Crippen LogP contribution in [0.3, 0.4) is 0 Å². The summed E-state index contributed by atoms with van der Waals surface area (Å²) in [5, 5.41) is 3.14. The second kappa shape index (κ2) is 4.49. The molecule has 1 aromatic rings. The zero-order valence-corrected chi connectivity index (χ0v) is 10.0. The molecule has 0 radical (unpaired) electrons. The van der Waals surface area contributed by atoms with Crippen molar-refractivity contribution in [1.82, 2.24) is 15.2 Å². The lowest BCUT2D eigenvalue weighted by Crippen LogP contribution is -2.39. The maximum Gasteiger partial charge on any atom is 0.247 e. The first-order valence-corrected chi connectivity index (χ1v) is 6.24. The van der Waals surface area contributed by atoms with Crippen molar-refractivity contribution >= 4 is 11.8 Å². The van der Waals surface area contributed by atoms with E-state index in [-0.39, 0.29) is 30.3 Å². The molecule has 0 aromatic carbocycles. The number of carbonyl (C=O) groups excluding carboxylic acids is 2. The monoisotopic (exact) mass is 245 g/mol. The largest absolute Gasteiger partial charge is 0.301 e. The summed E-state index contributed by atoms with van der Waals surface area (Å²) in [5.41, 5.74) is 1.02. The van der Waals surface area contributed by atoms with E-state index in [4.69, 9.17) is 0 Å². The van der Waals surface area contributed by atoms with Crippen molar-refractivity contribution in [3.05, 3.63) is 30.1 Å². The van der Waals surface area contributed by atoms with Crippen molar-refractivity contribution in [2.45, 2.75) is 37.9 Å². The van der Waals surface area contributed by atoms with Crippen LogP contribution in [0.2, 0.25) is 0 Å². The molecule has 0 bridgehead atoms. The molecule has 1 aliphatic carbocycles. The summed E-state index contributed by atoms with van der Waals surface area (Å²) in [5.74, 6) is -0.0995. The molecule has 2 aliphatic rings. The van der Waals surface area contributed by atoms with E-state index in [9.17, 15) is 9.59 Å². The number of carbonyl (C=O) groups is 2. The van der Waals surface area contributed by atoms with Crippen LogP contribution in [0.15, 0.2) is 24.5 Å². The topological polar surface area (TPSA) is 62.3 Å². The molecule has 1 N–H and O–H groups in total. The first kappa shape index (κ1) is 11.3. The number of imide groups is 1. The van der Waals surface area contributed by atoms with Crippen LogP contribution in [-0.4, -0.2) is 33.8 Å². The molecular weight excluding hydrogens is 230 g/mol. The van der Waals surface area contributed by atoms with Crippen LogP contribution in [0.1, 0.15) is 24.8 Å². The maximum absolute atomic E-state index is 12.0. The Bertz CT molecular complexity index is 470. The predicted molar refractivity (Wildman–Crippen MR) is 64.4 cm³/mol. The zero-order chi connectivity index (χ0) is 12.5. The van der Waals surface area contributed by atoms with Crippen LogP contribution < -0.4 is 5.32 Å². The van der Waals surface area contributed by atoms with Gasteiger partial charge in [-0.15, -0.1) is 0 Å². The van der Waals surface area contributed by atoms with E-state index >= 15 is 0 Å². The Kier molecular flexibility index (Phi) is 2.83. The van der Waals surface area contributed by atoms with Crippen LogP contribution in [0.25, 0.3) is 0 Å². The first-order chi connectivity index (χ1) is 8.75. The van der Waals surface area contributed by atoms with Crippen LogP contribution >= 0.6 is 0 Å². The van der Waals surface area contributed by atoms with Gasteiger partial charge < -0.3 is 5.32 Å². The Balaban J connectivity index is 1.61. The average molecular weight is 245 g/mol. The highest BCUT2D eigenvalue weighted by atomic mass is 16.2. The van der Waals surface area contributed by atoms with E-state index in [0.717, 1.165) is 18.4 Å². The van der Waals surface area contributed by atoms with Crippen molar-refractivity contribution in [2.75, 3.05) is 0 Å². The molecule has 1 aliphatic heterocycles. The highest BCUT2D eigenvalue weighted by Crippen LogP contribution is 2.31. The Morgan fingerprint density at radius 1 is 1.39 bits per heavy atom. The number of amides is 2. The number of likely N-dealkylation sites (tertiary alicyclic amines) is 1. The SMILES string of the molecule is O=C1CC(NCc2cccnc2)C(=O)N1C1CC1. The van der Waals surface area contributed by atoms with E-state index < -0.39 is 0 Å². The van der Waals surface area contributed by atoms with Crippen LogP contribution in [0, 0.1) is 0 Å². The molecule has 3 rings (SSSR count). The van der Waals surface area contributed by atoms with E-state index in [0.29, 0.717) is 6.54 Å². The molecule has 2 heterocycles. The third kappa shape index (κ3) is 2.13. The standard InChI is InChI=1S/C13H15N3O2/c17-12-6-11(13(18)16(12)10-3-4-10)15-8-9-2-1-5-14-7-9/h1-2,5,7,10-11,15H,3-4,6,8H2. The van der Waals surface area contributed by atoms with Crippen molar-refractivity contribution in [3.8, 4) is 0 Å². The Morgan fingerprint density at radius 3 is 2.89 bits per heavy atom. The highest BCUT2D eigenvalue weighted by Gasteiger charge is 2.45. The van der Waals surface area contributed by atoms with Gasteiger partial charge in [-0.2, -0.15) is 0 Å². The highest BCUT2D eigenvalue weighted by molar-refractivity contribution is 6.06. The van der Waals surface area contributed by atoms with Crippen LogP contribution in [-0.2, 0) is 16.1 Å². The van der Waals surface area contributed by atoms with E-state index in [1.165, 1.54) is 4.90 Å². The summed E-state index contributed by atoms with van der Waals surface area (Å²) in [6.45, 7) is 0.566. The van der Waals surface area contributed by atoms with Crippen molar-refractivity contribution in [1.29, 1.82) is 0 Å². The smallest absolute Gasteiger partial charge is 0.247 e. The molecule has 2 fully saturated rings. The number of hydrogen-bond acceptors (Lipinski definition) is 4. The fourth-order valence-electron chi connectivity index (χ4n) is 2.27. The third-order valence-electron chi connectivity index (χ3n) is 3.37. The molecule has 1 saturated carbocycles. The maximum atomic E-state index is 12.0. The average Bonchev–Trinajstić information content (AvgIpc) is 3.16. The molecule has 5 nitrogen and oxygen atoms in total. The minimum absolute atomic E-state index is 0.0359. The molecule has 2 amide bonds. The Labute approximate surface area is 105 Å². The first-order valence-electron chi connectivity index (χ1n) is 6.24. The van der Waals surface area contributed by atoms with Gasteiger partial charge in [-0.3, -0.25) is 19.5 Å². The van der Waals surface area contributed by atoms with Gasteiger partial charge >= 0.3 is 0 Å². The van der Waals surface area contributed by atoms with Gasteiger partial charge in [0.2, 0.25) is 11.8 Å². The van der Waals surface area contributed by atoms with Crippen LogP contribution in [0.4, 0.5) is 0 Å². The molecule has 1 aromatic heterocycles. The van der Waals surface area contributed by atoms with Gasteiger partial charge in [-0.25, -0.2) is 0 Å². The number of nitrogens with zero attached hydrogens (tertiary/aromatic N) is 2. The van der Waals surface area contributed by atoms with Gasteiger partial charge in [0.15, 0.2) is 0 Å². The lowest BCUT2D eigenvalue weighted by atomic mass is 10.2. The number of rotatable bonds is 4. The van der Waals surface area contributed by atoms with Crippen molar-refractivity contribution in [2.24, 2.45) is 0 Å². The van der Waals surface area contributed by atoms with Crippen molar-refractivity contribution < 1.29 is 9.59 Å². The number of aromatic nitrogens is 1. The fourth-order valence-corrected chi connectivity index (χ4v) is 2.27. The lowest BCUT2D eigenvalue weighted by Gasteiger charge is -2.14. The summed E-state index contributed by atoms with van der Waals surface area (Å²) >= 11 is 0. The third-order valence-corrected chi connectivity index (χ3v) is 3.37. The molecule has 1 saturated heterocycles. The van der Waals surface area contributed by atoms with Gasteiger partial charge in [0.05, 0.1) is 12.5 Å². The fraction of sp³-hybridized carbons (Fsp3) is 0.462. The lowest BCUT2D eigenvalue weighted by molar-refractivity contribution is -0.139. The number of hydrogen-bond donors (Lipinski definition) is 1. The van der Waals surface area contributed by atoms with Crippen LogP contribution in [0.5, 0.6) is 0 Å².